The SMILES string of the molecule is CC(=O)Nc1cc(F)c2c(c1)CC(C=O)C2. The average molecular weight is 221 g/mol. The van der Waals surface area contributed by atoms with Crippen molar-refractivity contribution in [1.29, 1.82) is 0 Å². The number of carbonyl (C=O) groups is 2. The molecule has 0 radical (unpaired) electrons. The molecule has 84 valence electrons. The molecule has 0 bridgehead atoms. The van der Waals surface area contributed by atoms with Crippen molar-refractivity contribution in [2.24, 2.45) is 5.92 Å². The zero-order chi connectivity index (χ0) is 11.7. The summed E-state index contributed by atoms with van der Waals surface area (Å²) >= 11 is 0. The van der Waals surface area contributed by atoms with Crippen LogP contribution in [0.4, 0.5) is 10.1 Å². The molecule has 1 aliphatic rings. The largest absolute Gasteiger partial charge is 0.326 e. The van der Waals surface area contributed by atoms with Crippen LogP contribution in [0.2, 0.25) is 0 Å². The number of hydrogen-bond donors (Lipinski definition) is 1. The molecule has 0 heterocycles. The number of benzene rings is 1. The van der Waals surface area contributed by atoms with Gasteiger partial charge in [0.15, 0.2) is 0 Å². The number of aldehydes is 1. The summed E-state index contributed by atoms with van der Waals surface area (Å²) in [6.45, 7) is 1.37. The van der Waals surface area contributed by atoms with E-state index in [2.05, 4.69) is 5.32 Å². The Morgan fingerprint density at radius 1 is 1.50 bits per heavy atom. The Balaban J connectivity index is 2.33. The molecular formula is C12H12FNO2. The van der Waals surface area contributed by atoms with Gasteiger partial charge in [-0.25, -0.2) is 4.39 Å². The van der Waals surface area contributed by atoms with Gasteiger partial charge < -0.3 is 10.1 Å². The van der Waals surface area contributed by atoms with Gasteiger partial charge in [-0.3, -0.25) is 4.79 Å². The first kappa shape index (κ1) is 10.8. The summed E-state index contributed by atoms with van der Waals surface area (Å²) in [7, 11) is 0. The first-order valence-electron chi connectivity index (χ1n) is 5.14. The molecule has 0 fully saturated rings. The number of nitrogens with one attached hydrogen (secondary N) is 1. The van der Waals surface area contributed by atoms with Gasteiger partial charge >= 0.3 is 0 Å². The van der Waals surface area contributed by atoms with E-state index in [9.17, 15) is 14.0 Å². The Labute approximate surface area is 92.7 Å². The van der Waals surface area contributed by atoms with Crippen molar-refractivity contribution < 1.29 is 14.0 Å². The highest BCUT2D eigenvalue weighted by atomic mass is 19.1. The molecule has 16 heavy (non-hydrogen) atoms. The zero-order valence-electron chi connectivity index (χ0n) is 8.92. The van der Waals surface area contributed by atoms with E-state index in [1.165, 1.54) is 13.0 Å². The molecule has 4 heteroatoms. The first-order chi connectivity index (χ1) is 7.60. The molecule has 1 atom stereocenters. The monoisotopic (exact) mass is 221 g/mol. The highest BCUT2D eigenvalue weighted by Gasteiger charge is 2.24. The third kappa shape index (κ3) is 1.96. The van der Waals surface area contributed by atoms with E-state index in [1.54, 1.807) is 6.07 Å². The van der Waals surface area contributed by atoms with Crippen LogP contribution >= 0.6 is 0 Å². The maximum Gasteiger partial charge on any atom is 0.221 e. The summed E-state index contributed by atoms with van der Waals surface area (Å²) < 4.78 is 13.6. The maximum atomic E-state index is 13.6. The fraction of sp³-hybridized carbons (Fsp3) is 0.333. The van der Waals surface area contributed by atoms with E-state index in [1.807, 2.05) is 0 Å². The number of anilines is 1. The quantitative estimate of drug-likeness (QED) is 0.772. The third-order valence-electron chi connectivity index (χ3n) is 2.75. The van der Waals surface area contributed by atoms with E-state index < -0.39 is 0 Å². The Kier molecular flexibility index (Phi) is 2.73. The van der Waals surface area contributed by atoms with Crippen molar-refractivity contribution in [2.75, 3.05) is 5.32 Å². The predicted molar refractivity (Wildman–Crippen MR) is 57.7 cm³/mol. The minimum absolute atomic E-state index is 0.128. The van der Waals surface area contributed by atoms with Crippen LogP contribution in [0, 0.1) is 11.7 Å². The number of halogens is 1. The molecule has 0 saturated carbocycles. The molecular weight excluding hydrogens is 209 g/mol. The van der Waals surface area contributed by atoms with Crippen molar-refractivity contribution in [3.05, 3.63) is 29.1 Å². The number of carbonyl (C=O) groups excluding carboxylic acids is 2. The third-order valence-corrected chi connectivity index (χ3v) is 2.75. The number of hydrogen-bond acceptors (Lipinski definition) is 2. The van der Waals surface area contributed by atoms with Gasteiger partial charge in [0.05, 0.1) is 0 Å². The van der Waals surface area contributed by atoms with E-state index >= 15 is 0 Å². The predicted octanol–water partition coefficient (Wildman–Crippen LogP) is 1.70. The van der Waals surface area contributed by atoms with Crippen LogP contribution in [0.1, 0.15) is 18.1 Å². The van der Waals surface area contributed by atoms with E-state index in [0.717, 1.165) is 11.8 Å². The minimum Gasteiger partial charge on any atom is -0.326 e. The van der Waals surface area contributed by atoms with Gasteiger partial charge in [-0.15, -0.1) is 0 Å². The van der Waals surface area contributed by atoms with Gasteiger partial charge in [-0.2, -0.15) is 0 Å². The summed E-state index contributed by atoms with van der Waals surface area (Å²) in [4.78, 5) is 21.5. The van der Waals surface area contributed by atoms with Gasteiger partial charge in [-0.1, -0.05) is 0 Å². The smallest absolute Gasteiger partial charge is 0.221 e. The Morgan fingerprint density at radius 2 is 2.25 bits per heavy atom. The standard InChI is InChI=1S/C12H12FNO2/c1-7(16)14-10-4-9-2-8(6-15)3-11(9)12(13)5-10/h4-6,8H,2-3H2,1H3,(H,14,16). The van der Waals surface area contributed by atoms with Crippen LogP contribution in [0.3, 0.4) is 0 Å². The van der Waals surface area contributed by atoms with Gasteiger partial charge in [0, 0.05) is 18.5 Å². The van der Waals surface area contributed by atoms with Gasteiger partial charge in [-0.05, 0) is 36.1 Å². The summed E-state index contributed by atoms with van der Waals surface area (Å²) in [5, 5.41) is 2.54. The van der Waals surface area contributed by atoms with Crippen LogP contribution in [0.25, 0.3) is 0 Å². The average Bonchev–Trinajstić information content (AvgIpc) is 2.60. The summed E-state index contributed by atoms with van der Waals surface area (Å²) in [5.74, 6) is -0.702. The molecule has 1 aromatic rings. The molecule has 1 aromatic carbocycles. The summed E-state index contributed by atoms with van der Waals surface area (Å²) in [5.41, 5.74) is 1.88. The van der Waals surface area contributed by atoms with Crippen LogP contribution in [0.15, 0.2) is 12.1 Å². The van der Waals surface area contributed by atoms with E-state index in [4.69, 9.17) is 0 Å². The Hall–Kier alpha value is -1.71. The topological polar surface area (TPSA) is 46.2 Å². The molecule has 0 aliphatic heterocycles. The molecule has 1 amide bonds. The molecule has 0 saturated heterocycles. The first-order valence-corrected chi connectivity index (χ1v) is 5.14. The maximum absolute atomic E-state index is 13.6. The highest BCUT2D eigenvalue weighted by Crippen LogP contribution is 2.30. The lowest BCUT2D eigenvalue weighted by atomic mass is 10.1. The fourth-order valence-corrected chi connectivity index (χ4v) is 2.09. The van der Waals surface area contributed by atoms with Crippen molar-refractivity contribution in [3.8, 4) is 0 Å². The zero-order valence-corrected chi connectivity index (χ0v) is 8.92. The highest BCUT2D eigenvalue weighted by molar-refractivity contribution is 5.88. The van der Waals surface area contributed by atoms with Gasteiger partial charge in [0.2, 0.25) is 5.91 Å². The molecule has 1 aliphatic carbocycles. The Morgan fingerprint density at radius 3 is 2.88 bits per heavy atom. The fourth-order valence-electron chi connectivity index (χ4n) is 2.09. The molecule has 3 nitrogen and oxygen atoms in total. The summed E-state index contributed by atoms with van der Waals surface area (Å²) in [6.07, 6.45) is 1.88. The second-order valence-corrected chi connectivity index (χ2v) is 4.08. The minimum atomic E-state index is -0.342. The van der Waals surface area contributed by atoms with E-state index in [0.29, 0.717) is 24.1 Å². The normalized spacial score (nSPS) is 18.0. The summed E-state index contributed by atoms with van der Waals surface area (Å²) in [6, 6.07) is 3.04. The van der Waals surface area contributed by atoms with E-state index in [-0.39, 0.29) is 17.6 Å². The Bertz CT molecular complexity index is 457. The van der Waals surface area contributed by atoms with Crippen LogP contribution in [0.5, 0.6) is 0 Å². The number of fused-ring (bicyclic) bond motifs is 1. The van der Waals surface area contributed by atoms with Crippen LogP contribution in [-0.4, -0.2) is 12.2 Å². The van der Waals surface area contributed by atoms with Crippen molar-refractivity contribution in [2.45, 2.75) is 19.8 Å². The lowest BCUT2D eigenvalue weighted by Gasteiger charge is -2.06. The van der Waals surface area contributed by atoms with Crippen LogP contribution in [-0.2, 0) is 22.4 Å². The van der Waals surface area contributed by atoms with Gasteiger partial charge in [0.1, 0.15) is 12.1 Å². The number of rotatable bonds is 2. The second-order valence-electron chi connectivity index (χ2n) is 4.08. The lowest BCUT2D eigenvalue weighted by molar-refractivity contribution is -0.114. The molecule has 0 spiro atoms. The van der Waals surface area contributed by atoms with Crippen molar-refractivity contribution in [1.82, 2.24) is 0 Å². The lowest BCUT2D eigenvalue weighted by Crippen LogP contribution is -2.06. The molecule has 1 unspecified atom stereocenters. The van der Waals surface area contributed by atoms with Crippen LogP contribution < -0.4 is 5.32 Å². The number of amides is 1. The molecule has 1 N–H and O–H groups in total. The molecule has 2 rings (SSSR count). The second kappa shape index (κ2) is 4.04. The van der Waals surface area contributed by atoms with Crippen molar-refractivity contribution >= 4 is 17.9 Å². The molecule has 0 aromatic heterocycles. The van der Waals surface area contributed by atoms with Gasteiger partial charge in [0.25, 0.3) is 0 Å². The van der Waals surface area contributed by atoms with Crippen molar-refractivity contribution in [3.63, 3.8) is 0 Å².